The summed E-state index contributed by atoms with van der Waals surface area (Å²) < 4.78 is 0. The number of fused-ring (bicyclic) bond motifs is 1. The van der Waals surface area contributed by atoms with Crippen LogP contribution in [0.4, 0.5) is 0 Å². The van der Waals surface area contributed by atoms with E-state index in [4.69, 9.17) is 5.11 Å². The quantitative estimate of drug-likeness (QED) is 0.819. The van der Waals surface area contributed by atoms with Crippen LogP contribution in [0.1, 0.15) is 29.7 Å². The fourth-order valence-corrected chi connectivity index (χ4v) is 3.85. The molecule has 0 aliphatic heterocycles. The minimum absolute atomic E-state index is 0.152. The van der Waals surface area contributed by atoms with E-state index in [-0.39, 0.29) is 11.8 Å². The molecule has 0 spiro atoms. The molecular weight excluding hydrogens is 274 g/mol. The number of carboxylic acid groups (broad SMARTS) is 1. The van der Waals surface area contributed by atoms with Crippen LogP contribution in [0.3, 0.4) is 0 Å². The maximum Gasteiger partial charge on any atom is 0.328 e. The van der Waals surface area contributed by atoms with Crippen LogP contribution in [-0.4, -0.2) is 17.0 Å². The molecule has 2 aliphatic rings. The molecule has 5 heteroatoms. The lowest BCUT2D eigenvalue weighted by molar-refractivity contribution is -0.131. The second-order valence-corrected chi connectivity index (χ2v) is 6.61. The van der Waals surface area contributed by atoms with Crippen molar-refractivity contribution in [1.29, 1.82) is 0 Å². The van der Waals surface area contributed by atoms with Gasteiger partial charge in [-0.3, -0.25) is 4.79 Å². The third-order valence-electron chi connectivity index (χ3n) is 4.22. The minimum atomic E-state index is -0.962. The number of carbonyl (C=O) groups excluding carboxylic acids is 1. The molecule has 3 rings (SSSR count). The maximum atomic E-state index is 12.1. The van der Waals surface area contributed by atoms with Gasteiger partial charge in [-0.2, -0.15) is 0 Å². The first kappa shape index (κ1) is 13.4. The number of amides is 1. The summed E-state index contributed by atoms with van der Waals surface area (Å²) >= 11 is 1.54. The van der Waals surface area contributed by atoms with Crippen LogP contribution in [0, 0.1) is 17.8 Å². The Kier molecular flexibility index (Phi) is 3.61. The first-order chi connectivity index (χ1) is 9.63. The minimum Gasteiger partial charge on any atom is -0.478 e. The Labute approximate surface area is 121 Å². The van der Waals surface area contributed by atoms with Gasteiger partial charge in [-0.1, -0.05) is 0 Å². The lowest BCUT2D eigenvalue weighted by Crippen LogP contribution is -2.29. The van der Waals surface area contributed by atoms with Gasteiger partial charge >= 0.3 is 5.97 Å². The van der Waals surface area contributed by atoms with Crippen molar-refractivity contribution in [3.63, 3.8) is 0 Å². The smallest absolute Gasteiger partial charge is 0.328 e. The van der Waals surface area contributed by atoms with Crippen molar-refractivity contribution in [3.05, 3.63) is 28.0 Å². The van der Waals surface area contributed by atoms with E-state index in [0.717, 1.165) is 41.2 Å². The molecule has 4 nitrogen and oxygen atoms in total. The predicted octanol–water partition coefficient (Wildman–Crippen LogP) is 2.51. The van der Waals surface area contributed by atoms with Gasteiger partial charge in [0.05, 0.1) is 6.54 Å². The largest absolute Gasteiger partial charge is 0.478 e. The number of aliphatic carboxylic acids is 1. The molecule has 20 heavy (non-hydrogen) atoms. The number of rotatable bonds is 5. The van der Waals surface area contributed by atoms with Gasteiger partial charge in [0.2, 0.25) is 5.91 Å². The summed E-state index contributed by atoms with van der Waals surface area (Å²) in [5, 5.41) is 13.5. The third kappa shape index (κ3) is 2.93. The molecule has 0 aromatic carbocycles. The van der Waals surface area contributed by atoms with E-state index in [2.05, 4.69) is 5.32 Å². The molecule has 2 N–H and O–H groups in total. The first-order valence-corrected chi connectivity index (χ1v) is 7.76. The molecule has 1 heterocycles. The molecule has 1 aromatic rings. The van der Waals surface area contributed by atoms with Gasteiger partial charge in [0, 0.05) is 16.9 Å². The maximum absolute atomic E-state index is 12.1. The Balaban J connectivity index is 1.54. The fraction of sp³-hybridized carbons (Fsp3) is 0.467. The monoisotopic (exact) mass is 291 g/mol. The van der Waals surface area contributed by atoms with E-state index in [1.54, 1.807) is 6.08 Å². The van der Waals surface area contributed by atoms with Gasteiger partial charge in [0.15, 0.2) is 0 Å². The SMILES string of the molecule is O=C(O)/C=C/c1ccsc1CNC(=O)C1CC2CC2C1. The van der Waals surface area contributed by atoms with Crippen molar-refractivity contribution in [3.8, 4) is 0 Å². The average molecular weight is 291 g/mol. The van der Waals surface area contributed by atoms with Crippen LogP contribution < -0.4 is 5.32 Å². The third-order valence-corrected chi connectivity index (χ3v) is 5.16. The standard InChI is InChI=1S/C15H17NO3S/c17-14(18)2-1-9-3-4-20-13(9)8-16-15(19)12-6-10-5-11(10)7-12/h1-4,10-12H,5-8H2,(H,16,19)(H,17,18)/b2-1+. The van der Waals surface area contributed by atoms with Crippen molar-refractivity contribution in [1.82, 2.24) is 5.32 Å². The molecule has 106 valence electrons. The number of hydrogen-bond acceptors (Lipinski definition) is 3. The molecule has 1 amide bonds. The molecule has 0 radical (unpaired) electrons. The molecule has 1 aromatic heterocycles. The van der Waals surface area contributed by atoms with Crippen molar-refractivity contribution in [2.75, 3.05) is 0 Å². The van der Waals surface area contributed by atoms with E-state index >= 15 is 0 Å². The summed E-state index contributed by atoms with van der Waals surface area (Å²) in [5.74, 6) is 0.995. The fourth-order valence-electron chi connectivity index (χ4n) is 3.04. The van der Waals surface area contributed by atoms with Crippen LogP contribution in [0.15, 0.2) is 17.5 Å². The Morgan fingerprint density at radius 2 is 2.10 bits per heavy atom. The zero-order valence-electron chi connectivity index (χ0n) is 11.0. The lowest BCUT2D eigenvalue weighted by atomic mass is 10.0. The predicted molar refractivity (Wildman–Crippen MR) is 77.2 cm³/mol. The normalized spacial score (nSPS) is 27.5. The number of carboxylic acids is 1. The second kappa shape index (κ2) is 5.40. The summed E-state index contributed by atoms with van der Waals surface area (Å²) in [6.45, 7) is 0.488. The zero-order chi connectivity index (χ0) is 14.1. The molecule has 2 fully saturated rings. The van der Waals surface area contributed by atoms with Crippen LogP contribution >= 0.6 is 11.3 Å². The molecule has 0 saturated heterocycles. The average Bonchev–Trinajstić information content (AvgIpc) is 2.87. The molecule has 0 bridgehead atoms. The molecular formula is C15H17NO3S. The summed E-state index contributed by atoms with van der Waals surface area (Å²) in [4.78, 5) is 23.6. The second-order valence-electron chi connectivity index (χ2n) is 5.61. The van der Waals surface area contributed by atoms with Gasteiger partial charge in [0.1, 0.15) is 0 Å². The van der Waals surface area contributed by atoms with Crippen molar-refractivity contribution >= 4 is 29.3 Å². The van der Waals surface area contributed by atoms with E-state index in [1.807, 2.05) is 11.4 Å². The van der Waals surface area contributed by atoms with Crippen LogP contribution in [0.5, 0.6) is 0 Å². The molecule has 2 atom stereocenters. The summed E-state index contributed by atoms with van der Waals surface area (Å²) in [7, 11) is 0. The number of carbonyl (C=O) groups is 2. The van der Waals surface area contributed by atoms with E-state index in [0.29, 0.717) is 6.54 Å². The number of nitrogens with one attached hydrogen (secondary N) is 1. The zero-order valence-corrected chi connectivity index (χ0v) is 11.9. The highest BCUT2D eigenvalue weighted by Gasteiger charge is 2.47. The summed E-state index contributed by atoms with van der Waals surface area (Å²) in [5.41, 5.74) is 0.868. The molecule has 2 saturated carbocycles. The van der Waals surface area contributed by atoms with E-state index in [1.165, 1.54) is 17.8 Å². The van der Waals surface area contributed by atoms with E-state index < -0.39 is 5.97 Å². The Hall–Kier alpha value is -1.62. The van der Waals surface area contributed by atoms with Gasteiger partial charge in [-0.15, -0.1) is 11.3 Å². The van der Waals surface area contributed by atoms with Gasteiger partial charge in [-0.05, 0) is 54.2 Å². The van der Waals surface area contributed by atoms with Crippen LogP contribution in [0.2, 0.25) is 0 Å². The Morgan fingerprint density at radius 3 is 2.80 bits per heavy atom. The molecule has 2 unspecified atom stereocenters. The highest BCUT2D eigenvalue weighted by atomic mass is 32.1. The molecule has 2 aliphatic carbocycles. The highest BCUT2D eigenvalue weighted by molar-refractivity contribution is 7.10. The van der Waals surface area contributed by atoms with Crippen LogP contribution in [0.25, 0.3) is 6.08 Å². The van der Waals surface area contributed by atoms with Crippen molar-refractivity contribution in [2.45, 2.75) is 25.8 Å². The highest BCUT2D eigenvalue weighted by Crippen LogP contribution is 2.54. The Bertz CT molecular complexity index is 553. The topological polar surface area (TPSA) is 66.4 Å². The Morgan fingerprint density at radius 1 is 1.35 bits per heavy atom. The number of thiophene rings is 1. The first-order valence-electron chi connectivity index (χ1n) is 6.88. The van der Waals surface area contributed by atoms with Crippen molar-refractivity contribution in [2.24, 2.45) is 17.8 Å². The van der Waals surface area contributed by atoms with Gasteiger partial charge in [-0.25, -0.2) is 4.79 Å². The lowest BCUT2D eigenvalue weighted by Gasteiger charge is -2.12. The van der Waals surface area contributed by atoms with Gasteiger partial charge in [0.25, 0.3) is 0 Å². The number of hydrogen-bond donors (Lipinski definition) is 2. The van der Waals surface area contributed by atoms with Gasteiger partial charge < -0.3 is 10.4 Å². The summed E-state index contributed by atoms with van der Waals surface area (Å²) in [6.07, 6.45) is 6.11. The van der Waals surface area contributed by atoms with E-state index in [9.17, 15) is 9.59 Å². The summed E-state index contributed by atoms with van der Waals surface area (Å²) in [6, 6.07) is 1.87. The van der Waals surface area contributed by atoms with Crippen molar-refractivity contribution < 1.29 is 14.7 Å². The van der Waals surface area contributed by atoms with Crippen LogP contribution in [-0.2, 0) is 16.1 Å².